The summed E-state index contributed by atoms with van der Waals surface area (Å²) in [4.78, 5) is 12.2. The van der Waals surface area contributed by atoms with E-state index in [2.05, 4.69) is 37.3 Å². The second-order valence-corrected chi connectivity index (χ2v) is 5.48. The van der Waals surface area contributed by atoms with Crippen molar-refractivity contribution in [1.29, 1.82) is 0 Å². The lowest BCUT2D eigenvalue weighted by molar-refractivity contribution is 0.0993. The number of aryl methyl sites for hydroxylation is 1. The molecular formula is C21H18O. The van der Waals surface area contributed by atoms with E-state index in [0.717, 1.165) is 11.1 Å². The first-order valence-corrected chi connectivity index (χ1v) is 7.47. The molecule has 1 heteroatoms. The van der Waals surface area contributed by atoms with Gasteiger partial charge in [0.1, 0.15) is 0 Å². The molecule has 0 spiro atoms. The third-order valence-electron chi connectivity index (χ3n) is 3.87. The zero-order chi connectivity index (χ0) is 15.4. The highest BCUT2D eigenvalue weighted by molar-refractivity contribution is 5.97. The molecule has 0 saturated heterocycles. The van der Waals surface area contributed by atoms with Crippen molar-refractivity contribution >= 4 is 5.78 Å². The van der Waals surface area contributed by atoms with E-state index >= 15 is 0 Å². The monoisotopic (exact) mass is 286 g/mol. The lowest BCUT2D eigenvalue weighted by atomic mass is 9.97. The lowest BCUT2D eigenvalue weighted by Crippen LogP contribution is -2.03. The number of benzene rings is 3. The van der Waals surface area contributed by atoms with E-state index in [1.807, 2.05) is 48.5 Å². The van der Waals surface area contributed by atoms with Gasteiger partial charge in [0.2, 0.25) is 0 Å². The van der Waals surface area contributed by atoms with Crippen LogP contribution in [0.5, 0.6) is 0 Å². The van der Waals surface area contributed by atoms with Gasteiger partial charge in [0.15, 0.2) is 5.78 Å². The minimum Gasteiger partial charge on any atom is -0.294 e. The second-order valence-electron chi connectivity index (χ2n) is 5.48. The van der Waals surface area contributed by atoms with Crippen LogP contribution in [-0.2, 0) is 6.42 Å². The largest absolute Gasteiger partial charge is 0.294 e. The Bertz CT molecular complexity index is 771. The molecule has 3 aromatic rings. The fourth-order valence-corrected chi connectivity index (χ4v) is 2.61. The summed E-state index contributed by atoms with van der Waals surface area (Å²) in [6, 6.07) is 26.1. The first-order valence-electron chi connectivity index (χ1n) is 7.47. The molecule has 0 radical (unpaired) electrons. The Labute approximate surface area is 131 Å². The van der Waals surface area contributed by atoms with Gasteiger partial charge in [-0.25, -0.2) is 0 Å². The van der Waals surface area contributed by atoms with Gasteiger partial charge in [-0.3, -0.25) is 4.79 Å². The van der Waals surface area contributed by atoms with Gasteiger partial charge < -0.3 is 0 Å². The fourth-order valence-electron chi connectivity index (χ4n) is 2.61. The summed E-state index contributed by atoms with van der Waals surface area (Å²) in [6.07, 6.45) is 0.443. The van der Waals surface area contributed by atoms with Crippen LogP contribution in [0, 0.1) is 6.92 Å². The molecule has 22 heavy (non-hydrogen) atoms. The zero-order valence-electron chi connectivity index (χ0n) is 12.6. The Kier molecular flexibility index (Phi) is 4.15. The highest BCUT2D eigenvalue weighted by Crippen LogP contribution is 2.23. The van der Waals surface area contributed by atoms with Crippen molar-refractivity contribution in [3.8, 4) is 11.1 Å². The fraction of sp³-hybridized carbons (Fsp3) is 0.0952. The van der Waals surface area contributed by atoms with E-state index in [1.54, 1.807) is 0 Å². The maximum Gasteiger partial charge on any atom is 0.167 e. The molecule has 0 bridgehead atoms. The van der Waals surface area contributed by atoms with Crippen molar-refractivity contribution in [3.63, 3.8) is 0 Å². The molecule has 0 amide bonds. The summed E-state index contributed by atoms with van der Waals surface area (Å²) in [5, 5.41) is 0. The normalized spacial score (nSPS) is 10.4. The SMILES string of the molecule is Cc1ccccc1-c1ccc(CC(=O)c2ccccc2)cc1. The van der Waals surface area contributed by atoms with Crippen molar-refractivity contribution in [1.82, 2.24) is 0 Å². The minimum absolute atomic E-state index is 0.157. The Hall–Kier alpha value is -2.67. The summed E-state index contributed by atoms with van der Waals surface area (Å²) in [5.41, 5.74) is 5.50. The Morgan fingerprint density at radius 2 is 1.41 bits per heavy atom. The van der Waals surface area contributed by atoms with Crippen molar-refractivity contribution < 1.29 is 4.79 Å². The van der Waals surface area contributed by atoms with Crippen LogP contribution in [0.2, 0.25) is 0 Å². The van der Waals surface area contributed by atoms with Gasteiger partial charge in [-0.1, -0.05) is 78.9 Å². The van der Waals surface area contributed by atoms with Crippen LogP contribution < -0.4 is 0 Å². The zero-order valence-corrected chi connectivity index (χ0v) is 12.6. The van der Waals surface area contributed by atoms with Crippen molar-refractivity contribution in [2.45, 2.75) is 13.3 Å². The number of hydrogen-bond donors (Lipinski definition) is 0. The van der Waals surface area contributed by atoms with Crippen molar-refractivity contribution in [2.24, 2.45) is 0 Å². The van der Waals surface area contributed by atoms with Gasteiger partial charge in [-0.15, -0.1) is 0 Å². The number of carbonyl (C=O) groups is 1. The number of rotatable bonds is 4. The van der Waals surface area contributed by atoms with Gasteiger partial charge in [0.05, 0.1) is 0 Å². The molecule has 0 aliphatic carbocycles. The van der Waals surface area contributed by atoms with Gasteiger partial charge in [0, 0.05) is 12.0 Å². The van der Waals surface area contributed by atoms with E-state index in [-0.39, 0.29) is 5.78 Å². The number of ketones is 1. The highest BCUT2D eigenvalue weighted by atomic mass is 16.1. The van der Waals surface area contributed by atoms with Crippen LogP contribution in [0.4, 0.5) is 0 Å². The lowest BCUT2D eigenvalue weighted by Gasteiger charge is -2.07. The van der Waals surface area contributed by atoms with Crippen LogP contribution in [0.25, 0.3) is 11.1 Å². The van der Waals surface area contributed by atoms with Gasteiger partial charge in [-0.05, 0) is 29.2 Å². The summed E-state index contributed by atoms with van der Waals surface area (Å²) in [7, 11) is 0. The molecule has 0 saturated carbocycles. The molecule has 0 heterocycles. The molecule has 0 aromatic heterocycles. The van der Waals surface area contributed by atoms with Crippen molar-refractivity contribution in [2.75, 3.05) is 0 Å². The van der Waals surface area contributed by atoms with E-state index in [9.17, 15) is 4.79 Å². The summed E-state index contributed by atoms with van der Waals surface area (Å²) in [5.74, 6) is 0.157. The smallest absolute Gasteiger partial charge is 0.167 e. The molecule has 0 aliphatic heterocycles. The van der Waals surface area contributed by atoms with E-state index in [4.69, 9.17) is 0 Å². The Morgan fingerprint density at radius 3 is 2.09 bits per heavy atom. The van der Waals surface area contributed by atoms with Crippen LogP contribution >= 0.6 is 0 Å². The van der Waals surface area contributed by atoms with E-state index in [0.29, 0.717) is 6.42 Å². The molecule has 3 rings (SSSR count). The van der Waals surface area contributed by atoms with Crippen LogP contribution in [-0.4, -0.2) is 5.78 Å². The molecule has 0 atom stereocenters. The maximum absolute atomic E-state index is 12.2. The van der Waals surface area contributed by atoms with Crippen LogP contribution in [0.15, 0.2) is 78.9 Å². The van der Waals surface area contributed by atoms with E-state index < -0.39 is 0 Å². The third-order valence-corrected chi connectivity index (χ3v) is 3.87. The molecule has 3 aromatic carbocycles. The predicted octanol–water partition coefficient (Wildman–Crippen LogP) is 5.09. The number of carbonyl (C=O) groups excluding carboxylic acids is 1. The second kappa shape index (κ2) is 6.40. The van der Waals surface area contributed by atoms with Gasteiger partial charge in [-0.2, -0.15) is 0 Å². The van der Waals surface area contributed by atoms with Gasteiger partial charge >= 0.3 is 0 Å². The van der Waals surface area contributed by atoms with Crippen molar-refractivity contribution in [3.05, 3.63) is 95.6 Å². The molecule has 0 aliphatic rings. The predicted molar refractivity (Wildman–Crippen MR) is 91.1 cm³/mol. The quantitative estimate of drug-likeness (QED) is 0.611. The minimum atomic E-state index is 0.157. The average Bonchev–Trinajstić information content (AvgIpc) is 2.57. The maximum atomic E-state index is 12.2. The average molecular weight is 286 g/mol. The van der Waals surface area contributed by atoms with Gasteiger partial charge in [0.25, 0.3) is 0 Å². The van der Waals surface area contributed by atoms with Crippen LogP contribution in [0.3, 0.4) is 0 Å². The first kappa shape index (κ1) is 14.3. The molecule has 1 nitrogen and oxygen atoms in total. The molecule has 0 N–H and O–H groups in total. The molecule has 0 fully saturated rings. The summed E-state index contributed by atoms with van der Waals surface area (Å²) < 4.78 is 0. The van der Waals surface area contributed by atoms with Crippen LogP contribution in [0.1, 0.15) is 21.5 Å². The third kappa shape index (κ3) is 3.15. The Balaban J connectivity index is 1.78. The van der Waals surface area contributed by atoms with E-state index in [1.165, 1.54) is 16.7 Å². The molecule has 108 valence electrons. The summed E-state index contributed by atoms with van der Waals surface area (Å²) >= 11 is 0. The first-order chi connectivity index (χ1) is 10.7. The number of hydrogen-bond acceptors (Lipinski definition) is 1. The molecule has 0 unspecified atom stereocenters. The standard InChI is InChI=1S/C21H18O/c1-16-7-5-6-10-20(16)18-13-11-17(12-14-18)15-21(22)19-8-3-2-4-9-19/h2-14H,15H2,1H3. The molecular weight excluding hydrogens is 268 g/mol. The number of Topliss-reactive ketones (excluding diaryl/α,β-unsaturated/α-hetero) is 1. The Morgan fingerprint density at radius 1 is 0.773 bits per heavy atom. The summed E-state index contributed by atoms with van der Waals surface area (Å²) in [6.45, 7) is 2.11. The topological polar surface area (TPSA) is 17.1 Å². The highest BCUT2D eigenvalue weighted by Gasteiger charge is 2.07.